The lowest BCUT2D eigenvalue weighted by Crippen LogP contribution is -2.35. The molecule has 1 heterocycles. The fourth-order valence-electron chi connectivity index (χ4n) is 1.72. The number of nitrogens with one attached hydrogen (secondary N) is 1. The topological polar surface area (TPSA) is 28.2 Å². The Labute approximate surface area is 124 Å². The number of alkyl halides is 2. The molecule has 0 aliphatic rings. The van der Waals surface area contributed by atoms with Crippen molar-refractivity contribution in [2.75, 3.05) is 18.5 Å². The summed E-state index contributed by atoms with van der Waals surface area (Å²) in [5, 5.41) is 4.10. The molecule has 0 aliphatic carbocycles. The molecule has 0 unspecified atom stereocenters. The number of anilines is 1. The fraction of sp³-hybridized carbons (Fsp3) is 0.786. The Morgan fingerprint density at radius 3 is 2.35 bits per heavy atom. The van der Waals surface area contributed by atoms with Crippen LogP contribution < -0.4 is 10.2 Å². The van der Waals surface area contributed by atoms with Crippen molar-refractivity contribution < 1.29 is 8.78 Å². The van der Waals surface area contributed by atoms with Crippen LogP contribution in [0.1, 0.15) is 51.1 Å². The third-order valence-electron chi connectivity index (χ3n) is 2.78. The lowest BCUT2D eigenvalue weighted by atomic mass is 10.1. The van der Waals surface area contributed by atoms with Crippen molar-refractivity contribution in [2.45, 2.75) is 59.0 Å². The van der Waals surface area contributed by atoms with Gasteiger partial charge in [0.1, 0.15) is 0 Å². The first-order valence-electron chi connectivity index (χ1n) is 6.84. The third kappa shape index (κ3) is 5.32. The predicted octanol–water partition coefficient (Wildman–Crippen LogP) is 3.86. The molecule has 0 saturated carbocycles. The Bertz CT molecular complexity index is 425. The molecule has 0 bridgehead atoms. The zero-order chi connectivity index (χ0) is 15.5. The van der Waals surface area contributed by atoms with Crippen LogP contribution in [0.2, 0.25) is 0 Å². The number of nitrogens with zero attached hydrogens (tertiary/aromatic N) is 2. The lowest BCUT2D eigenvalue weighted by Gasteiger charge is -2.20. The zero-order valence-electron chi connectivity index (χ0n) is 13.1. The van der Waals surface area contributed by atoms with E-state index in [0.717, 1.165) is 17.1 Å². The highest BCUT2D eigenvalue weighted by Gasteiger charge is 2.19. The number of thiazole rings is 1. The number of hydrogen-bond acceptors (Lipinski definition) is 4. The van der Waals surface area contributed by atoms with Gasteiger partial charge >= 0.3 is 0 Å². The molecule has 0 radical (unpaired) electrons. The van der Waals surface area contributed by atoms with E-state index in [1.54, 1.807) is 7.05 Å². The Morgan fingerprint density at radius 1 is 1.30 bits per heavy atom. The summed E-state index contributed by atoms with van der Waals surface area (Å²) >= 11 is 1.50. The number of halogens is 2. The maximum Gasteiger partial charge on any atom is 0.255 e. The van der Waals surface area contributed by atoms with E-state index < -0.39 is 6.43 Å². The molecule has 1 rings (SSSR count). The van der Waals surface area contributed by atoms with Crippen LogP contribution in [-0.2, 0) is 6.54 Å². The van der Waals surface area contributed by atoms with Gasteiger partial charge in [-0.2, -0.15) is 0 Å². The average molecular weight is 305 g/mol. The second-order valence-corrected chi connectivity index (χ2v) is 7.40. The highest BCUT2D eigenvalue weighted by molar-refractivity contribution is 7.15. The van der Waals surface area contributed by atoms with E-state index in [4.69, 9.17) is 0 Å². The van der Waals surface area contributed by atoms with Gasteiger partial charge in [-0.15, -0.1) is 11.3 Å². The summed E-state index contributed by atoms with van der Waals surface area (Å²) in [5.41, 5.74) is 1.02. The highest BCUT2D eigenvalue weighted by Crippen LogP contribution is 2.30. The Balaban J connectivity index is 2.90. The van der Waals surface area contributed by atoms with E-state index in [1.807, 2.05) is 0 Å². The number of aromatic nitrogens is 1. The Hall–Kier alpha value is -0.750. The number of rotatable bonds is 6. The SMILES string of the molecule is CC(C)c1nc(N(C)CC(F)F)sc1CNC(C)(C)C. The van der Waals surface area contributed by atoms with Gasteiger partial charge in [0.2, 0.25) is 0 Å². The van der Waals surface area contributed by atoms with Gasteiger partial charge in [-0.05, 0) is 26.7 Å². The van der Waals surface area contributed by atoms with Gasteiger partial charge in [0, 0.05) is 24.0 Å². The molecule has 116 valence electrons. The normalized spacial score (nSPS) is 12.5. The molecule has 1 aromatic rings. The Morgan fingerprint density at radius 2 is 1.90 bits per heavy atom. The van der Waals surface area contributed by atoms with Crippen molar-refractivity contribution in [1.82, 2.24) is 10.3 Å². The van der Waals surface area contributed by atoms with E-state index in [9.17, 15) is 8.78 Å². The van der Waals surface area contributed by atoms with Crippen molar-refractivity contribution in [3.63, 3.8) is 0 Å². The summed E-state index contributed by atoms with van der Waals surface area (Å²) in [4.78, 5) is 7.19. The van der Waals surface area contributed by atoms with Gasteiger partial charge in [0.05, 0.1) is 12.2 Å². The summed E-state index contributed by atoms with van der Waals surface area (Å²) in [6.07, 6.45) is -2.34. The minimum absolute atomic E-state index is 0.0211. The van der Waals surface area contributed by atoms with Crippen molar-refractivity contribution in [1.29, 1.82) is 0 Å². The van der Waals surface area contributed by atoms with Crippen LogP contribution in [0.3, 0.4) is 0 Å². The molecule has 0 fully saturated rings. The van der Waals surface area contributed by atoms with Crippen LogP contribution in [0.25, 0.3) is 0 Å². The minimum Gasteiger partial charge on any atom is -0.345 e. The van der Waals surface area contributed by atoms with Gasteiger partial charge < -0.3 is 10.2 Å². The second-order valence-electron chi connectivity index (χ2n) is 6.33. The van der Waals surface area contributed by atoms with Crippen LogP contribution in [0, 0.1) is 0 Å². The maximum atomic E-state index is 12.5. The molecule has 0 amide bonds. The van der Waals surface area contributed by atoms with Crippen molar-refractivity contribution in [2.24, 2.45) is 0 Å². The standard InChI is InChI=1S/C14H25F2N3S/c1-9(2)12-10(7-17-14(3,4)5)20-13(18-12)19(6)8-11(15)16/h9,11,17H,7-8H2,1-6H3. The smallest absolute Gasteiger partial charge is 0.255 e. The average Bonchev–Trinajstić information content (AvgIpc) is 2.68. The first kappa shape index (κ1) is 17.3. The summed E-state index contributed by atoms with van der Waals surface area (Å²) in [6.45, 7) is 10.9. The minimum atomic E-state index is -2.34. The van der Waals surface area contributed by atoms with Gasteiger partial charge in [-0.1, -0.05) is 13.8 Å². The van der Waals surface area contributed by atoms with E-state index >= 15 is 0 Å². The molecule has 0 saturated heterocycles. The van der Waals surface area contributed by atoms with Crippen molar-refractivity contribution in [3.8, 4) is 0 Å². The van der Waals surface area contributed by atoms with Crippen LogP contribution >= 0.6 is 11.3 Å². The van der Waals surface area contributed by atoms with Crippen LogP contribution in [0.4, 0.5) is 13.9 Å². The molecule has 1 aromatic heterocycles. The quantitative estimate of drug-likeness (QED) is 0.865. The molecule has 0 aromatic carbocycles. The van der Waals surface area contributed by atoms with Crippen LogP contribution in [0.15, 0.2) is 0 Å². The van der Waals surface area contributed by atoms with E-state index in [1.165, 1.54) is 16.2 Å². The highest BCUT2D eigenvalue weighted by atomic mass is 32.1. The van der Waals surface area contributed by atoms with Gasteiger partial charge in [-0.25, -0.2) is 13.8 Å². The summed E-state index contributed by atoms with van der Waals surface area (Å²) < 4.78 is 24.9. The van der Waals surface area contributed by atoms with E-state index in [0.29, 0.717) is 5.13 Å². The van der Waals surface area contributed by atoms with Crippen molar-refractivity contribution >= 4 is 16.5 Å². The molecule has 3 nitrogen and oxygen atoms in total. The van der Waals surface area contributed by atoms with Crippen molar-refractivity contribution in [3.05, 3.63) is 10.6 Å². The van der Waals surface area contributed by atoms with Gasteiger partial charge in [0.15, 0.2) is 5.13 Å². The van der Waals surface area contributed by atoms with Gasteiger partial charge in [0.25, 0.3) is 6.43 Å². The summed E-state index contributed by atoms with van der Waals surface area (Å²) in [5.74, 6) is 0.289. The lowest BCUT2D eigenvalue weighted by molar-refractivity contribution is 0.156. The summed E-state index contributed by atoms with van der Waals surface area (Å²) in [7, 11) is 1.66. The molecule has 20 heavy (non-hydrogen) atoms. The zero-order valence-corrected chi connectivity index (χ0v) is 13.9. The molecule has 0 aliphatic heterocycles. The van der Waals surface area contributed by atoms with Crippen LogP contribution in [-0.4, -0.2) is 30.5 Å². The molecule has 0 atom stereocenters. The molecular formula is C14H25F2N3S. The predicted molar refractivity (Wildman–Crippen MR) is 82.1 cm³/mol. The monoisotopic (exact) mass is 305 g/mol. The molecule has 6 heteroatoms. The van der Waals surface area contributed by atoms with E-state index in [-0.39, 0.29) is 18.0 Å². The Kier molecular flexibility index (Phi) is 5.89. The molecule has 1 N–H and O–H groups in total. The molecule has 0 spiro atoms. The fourth-order valence-corrected chi connectivity index (χ4v) is 2.85. The maximum absolute atomic E-state index is 12.5. The molecular weight excluding hydrogens is 280 g/mol. The first-order chi connectivity index (χ1) is 9.10. The van der Waals surface area contributed by atoms with Crippen LogP contribution in [0.5, 0.6) is 0 Å². The summed E-state index contributed by atoms with van der Waals surface area (Å²) in [6, 6.07) is 0. The third-order valence-corrected chi connectivity index (χ3v) is 3.97. The largest absolute Gasteiger partial charge is 0.345 e. The number of hydrogen-bond donors (Lipinski definition) is 1. The van der Waals surface area contributed by atoms with E-state index in [2.05, 4.69) is 44.9 Å². The second kappa shape index (κ2) is 6.80. The van der Waals surface area contributed by atoms with Gasteiger partial charge in [-0.3, -0.25) is 0 Å². The first-order valence-corrected chi connectivity index (χ1v) is 7.65.